The molecule has 9 nitrogen and oxygen atoms in total. The highest BCUT2D eigenvalue weighted by molar-refractivity contribution is 7.91. The second-order valence-electron chi connectivity index (χ2n) is 8.03. The number of rotatable bonds is 7. The van der Waals surface area contributed by atoms with Crippen LogP contribution in [0.2, 0.25) is 0 Å². The summed E-state index contributed by atoms with van der Waals surface area (Å²) in [5.74, 6) is -3.03. The van der Waals surface area contributed by atoms with Gasteiger partial charge in [-0.1, -0.05) is 6.07 Å². The predicted molar refractivity (Wildman–Crippen MR) is 109 cm³/mol. The molecule has 1 aromatic rings. The summed E-state index contributed by atoms with van der Waals surface area (Å²) in [7, 11) is -4.03. The van der Waals surface area contributed by atoms with Crippen LogP contribution in [0, 0.1) is 0 Å². The molecule has 2 fully saturated rings. The number of hydroxylamine groups is 1. The normalized spacial score (nSPS) is 20.5. The summed E-state index contributed by atoms with van der Waals surface area (Å²) in [5, 5.41) is 9.13. The molecule has 0 atom stereocenters. The minimum atomic E-state index is -4.03. The molecule has 12 heteroatoms. The lowest BCUT2D eigenvalue weighted by Crippen LogP contribution is -2.62. The average molecular weight is 463 g/mol. The molecule has 31 heavy (non-hydrogen) atoms. The molecule has 2 aliphatic heterocycles. The number of pyridine rings is 1. The Morgan fingerprint density at radius 3 is 2.42 bits per heavy atom. The van der Waals surface area contributed by atoms with E-state index >= 15 is 0 Å². The second kappa shape index (κ2) is 9.31. The Kier molecular flexibility index (Phi) is 7.14. The summed E-state index contributed by atoms with van der Waals surface area (Å²) in [4.78, 5) is 18.6. The zero-order valence-electron chi connectivity index (χ0n) is 17.4. The number of carbonyl (C=O) groups excluding carboxylic acids is 1. The summed E-state index contributed by atoms with van der Waals surface area (Å²) in [6.07, 6.45) is 1.48. The van der Waals surface area contributed by atoms with E-state index in [2.05, 4.69) is 4.98 Å². The van der Waals surface area contributed by atoms with Crippen molar-refractivity contribution >= 4 is 21.7 Å². The lowest BCUT2D eigenvalue weighted by atomic mass is 9.98. The molecule has 3 heterocycles. The van der Waals surface area contributed by atoms with Crippen molar-refractivity contribution in [3.8, 4) is 0 Å². The van der Waals surface area contributed by atoms with Crippen LogP contribution in [0.5, 0.6) is 0 Å². The third kappa shape index (κ3) is 5.13. The van der Waals surface area contributed by atoms with Gasteiger partial charge in [0.15, 0.2) is 4.75 Å². The Hall–Kier alpha value is -1.89. The summed E-state index contributed by atoms with van der Waals surface area (Å²) in [5.41, 5.74) is 2.22. The maximum atomic E-state index is 13.3. The van der Waals surface area contributed by atoms with Crippen LogP contribution in [-0.2, 0) is 26.0 Å². The summed E-state index contributed by atoms with van der Waals surface area (Å²) >= 11 is 0. The van der Waals surface area contributed by atoms with E-state index in [9.17, 15) is 22.0 Å². The highest BCUT2D eigenvalue weighted by Crippen LogP contribution is 2.33. The quantitative estimate of drug-likeness (QED) is 0.462. The fraction of sp³-hybridized carbons (Fsp3) is 0.684. The highest BCUT2D eigenvalue weighted by atomic mass is 32.2. The molecule has 0 radical (unpaired) electrons. The van der Waals surface area contributed by atoms with E-state index in [1.54, 1.807) is 18.3 Å². The van der Waals surface area contributed by atoms with Gasteiger partial charge in [-0.25, -0.2) is 27.7 Å². The van der Waals surface area contributed by atoms with Crippen LogP contribution in [0.4, 0.5) is 14.6 Å². The van der Waals surface area contributed by atoms with E-state index < -0.39 is 26.6 Å². The number of aryl methyl sites for hydroxylation is 1. The number of hydrogen-bond acceptors (Lipinski definition) is 7. The smallest absolute Gasteiger partial charge is 0.266 e. The first kappa shape index (κ1) is 23.8. The lowest BCUT2D eigenvalue weighted by Gasteiger charge is -2.41. The fourth-order valence-corrected chi connectivity index (χ4v) is 6.03. The predicted octanol–water partition coefficient (Wildman–Crippen LogP) is 1.18. The first-order chi connectivity index (χ1) is 14.6. The topological polar surface area (TPSA) is 112 Å². The number of aromatic nitrogens is 1. The Bertz CT molecular complexity index is 862. The molecule has 1 amide bonds. The maximum Gasteiger partial charge on any atom is 0.266 e. The van der Waals surface area contributed by atoms with Crippen molar-refractivity contribution in [3.63, 3.8) is 0 Å². The number of halogens is 2. The van der Waals surface area contributed by atoms with Gasteiger partial charge in [-0.15, -0.1) is 0 Å². The molecular formula is C19H28F2N4O5S. The zero-order chi connectivity index (χ0) is 22.7. The van der Waals surface area contributed by atoms with E-state index in [4.69, 9.17) is 9.94 Å². The first-order valence-electron chi connectivity index (χ1n) is 10.2. The van der Waals surface area contributed by atoms with Gasteiger partial charge in [0, 0.05) is 64.9 Å². The van der Waals surface area contributed by atoms with Crippen molar-refractivity contribution in [1.82, 2.24) is 14.8 Å². The van der Waals surface area contributed by atoms with E-state index in [1.165, 1.54) is 9.79 Å². The largest absolute Gasteiger partial charge is 0.381 e. The minimum absolute atomic E-state index is 0.0260. The van der Waals surface area contributed by atoms with Crippen molar-refractivity contribution < 1.29 is 31.9 Å². The summed E-state index contributed by atoms with van der Waals surface area (Å²) in [6.45, 7) is 2.18. The van der Waals surface area contributed by atoms with Crippen molar-refractivity contribution in [1.29, 1.82) is 0 Å². The highest BCUT2D eigenvalue weighted by Gasteiger charge is 2.54. The summed E-state index contributed by atoms with van der Waals surface area (Å²) in [6, 6.07) is 3.49. The molecule has 0 bridgehead atoms. The molecule has 2 aliphatic rings. The van der Waals surface area contributed by atoms with Crippen molar-refractivity contribution in [3.05, 3.63) is 23.9 Å². The monoisotopic (exact) mass is 462 g/mol. The van der Waals surface area contributed by atoms with Crippen molar-refractivity contribution in [2.24, 2.45) is 0 Å². The van der Waals surface area contributed by atoms with Gasteiger partial charge in [-0.05, 0) is 25.0 Å². The Labute approximate surface area is 180 Å². The van der Waals surface area contributed by atoms with Gasteiger partial charge in [-0.2, -0.15) is 4.31 Å². The third-order valence-corrected chi connectivity index (χ3v) is 8.50. The molecule has 0 unspecified atom stereocenters. The first-order valence-corrected chi connectivity index (χ1v) is 11.6. The number of nitrogens with one attached hydrogen (secondary N) is 1. The molecule has 2 N–H and O–H groups in total. The molecule has 2 saturated heterocycles. The Morgan fingerprint density at radius 2 is 1.90 bits per heavy atom. The SMILES string of the molecule is CC(F)(F)CCc1ccc(N2CCN(S(=O)(=O)C3(C(=O)NO)CCOCC3)CC2)nc1. The van der Waals surface area contributed by atoms with Crippen LogP contribution in [0.15, 0.2) is 18.3 Å². The number of alkyl halides is 2. The van der Waals surface area contributed by atoms with Crippen LogP contribution >= 0.6 is 0 Å². The van der Waals surface area contributed by atoms with Crippen LogP contribution in [0.25, 0.3) is 0 Å². The minimum Gasteiger partial charge on any atom is -0.381 e. The molecule has 3 rings (SSSR count). The molecule has 0 spiro atoms. The molecule has 1 aromatic heterocycles. The number of hydrogen-bond donors (Lipinski definition) is 2. The Balaban J connectivity index is 1.65. The van der Waals surface area contributed by atoms with E-state index in [1.807, 2.05) is 4.90 Å². The molecular weight excluding hydrogens is 434 g/mol. The number of carbonyl (C=O) groups is 1. The van der Waals surface area contributed by atoms with Gasteiger partial charge in [0.2, 0.25) is 15.9 Å². The van der Waals surface area contributed by atoms with E-state index in [-0.39, 0.29) is 52.0 Å². The molecule has 0 aliphatic carbocycles. The van der Waals surface area contributed by atoms with Crippen LogP contribution in [0.1, 0.15) is 31.7 Å². The van der Waals surface area contributed by atoms with E-state index in [0.29, 0.717) is 24.5 Å². The number of amides is 1. The number of sulfonamides is 1. The van der Waals surface area contributed by atoms with Crippen molar-refractivity contribution in [2.45, 2.75) is 43.3 Å². The number of ether oxygens (including phenoxy) is 1. The molecule has 0 saturated carbocycles. The molecule has 0 aromatic carbocycles. The average Bonchev–Trinajstić information content (AvgIpc) is 2.77. The number of anilines is 1. The molecule has 174 valence electrons. The van der Waals surface area contributed by atoms with Gasteiger partial charge in [-0.3, -0.25) is 10.0 Å². The third-order valence-electron chi connectivity index (χ3n) is 5.87. The Morgan fingerprint density at radius 1 is 1.26 bits per heavy atom. The zero-order valence-corrected chi connectivity index (χ0v) is 18.2. The maximum absolute atomic E-state index is 13.3. The van der Waals surface area contributed by atoms with E-state index in [0.717, 1.165) is 6.92 Å². The van der Waals surface area contributed by atoms with Crippen molar-refractivity contribution in [2.75, 3.05) is 44.3 Å². The van der Waals surface area contributed by atoms with Gasteiger partial charge in [0.25, 0.3) is 5.91 Å². The number of nitrogens with zero attached hydrogens (tertiary/aromatic N) is 3. The van der Waals surface area contributed by atoms with Gasteiger partial charge >= 0.3 is 0 Å². The second-order valence-corrected chi connectivity index (χ2v) is 10.3. The van der Waals surface area contributed by atoms with Crippen LogP contribution < -0.4 is 10.4 Å². The fourth-order valence-electron chi connectivity index (χ4n) is 3.93. The van der Waals surface area contributed by atoms with Gasteiger partial charge in [0.1, 0.15) is 5.82 Å². The van der Waals surface area contributed by atoms with Gasteiger partial charge < -0.3 is 9.64 Å². The summed E-state index contributed by atoms with van der Waals surface area (Å²) < 4.78 is 57.4. The number of piperazine rings is 1. The standard InChI is InChI=1S/C19H28F2N4O5S/c1-18(20,21)5-4-15-2-3-16(22-14-15)24-8-10-25(11-9-24)31(28,29)19(17(26)23-27)6-12-30-13-7-19/h2-3,14,27H,4-13H2,1H3,(H,23,26). The van der Waals surface area contributed by atoms with Crippen LogP contribution in [0.3, 0.4) is 0 Å². The van der Waals surface area contributed by atoms with Gasteiger partial charge in [0.05, 0.1) is 0 Å². The lowest BCUT2D eigenvalue weighted by molar-refractivity contribution is -0.134. The van der Waals surface area contributed by atoms with Crippen LogP contribution in [-0.4, -0.2) is 78.9 Å².